The third-order valence-electron chi connectivity index (χ3n) is 2.11. The van der Waals surface area contributed by atoms with Gasteiger partial charge in [0, 0.05) is 9.80 Å². The second-order valence-corrected chi connectivity index (χ2v) is 4.63. The monoisotopic (exact) mass is 334 g/mol. The van der Waals surface area contributed by atoms with Gasteiger partial charge in [-0.2, -0.15) is 0 Å². The maximum absolute atomic E-state index is 11.2. The van der Waals surface area contributed by atoms with Crippen molar-refractivity contribution in [2.24, 2.45) is 0 Å². The Hall–Kier alpha value is -0.350. The number of alkyl halides is 1. The lowest BCUT2D eigenvalue weighted by Crippen LogP contribution is -2.06. The third-order valence-corrected chi connectivity index (χ3v) is 3.89. The Labute approximate surface area is 106 Å². The molecule has 0 saturated carbocycles. The van der Waals surface area contributed by atoms with Gasteiger partial charge in [0.25, 0.3) is 0 Å². The van der Waals surface area contributed by atoms with Crippen molar-refractivity contribution in [3.8, 4) is 0 Å². The van der Waals surface area contributed by atoms with E-state index >= 15 is 0 Å². The van der Waals surface area contributed by atoms with E-state index in [-0.39, 0.29) is 5.97 Å². The molecule has 0 amide bonds. The summed E-state index contributed by atoms with van der Waals surface area (Å²) in [4.78, 5) is 11.2. The average Bonchev–Trinajstić information content (AvgIpc) is 2.24. The molecular formula is C11H12Br2O2. The molecule has 0 radical (unpaired) electrons. The lowest BCUT2D eigenvalue weighted by atomic mass is 10.1. The molecule has 15 heavy (non-hydrogen) atoms. The number of benzene rings is 1. The van der Waals surface area contributed by atoms with E-state index in [4.69, 9.17) is 0 Å². The van der Waals surface area contributed by atoms with E-state index in [0.717, 1.165) is 26.5 Å². The topological polar surface area (TPSA) is 26.3 Å². The van der Waals surface area contributed by atoms with Crippen molar-refractivity contribution in [3.05, 3.63) is 33.3 Å². The Kier molecular flexibility index (Phi) is 4.80. The Morgan fingerprint density at radius 1 is 1.47 bits per heavy atom. The number of methoxy groups -OCH3 is 1. The maximum Gasteiger partial charge on any atom is 0.310 e. The molecule has 0 fully saturated rings. The molecule has 4 heteroatoms. The number of rotatable bonds is 3. The minimum atomic E-state index is -0.221. The highest BCUT2D eigenvalue weighted by Gasteiger charge is 2.09. The number of hydrogen-bond acceptors (Lipinski definition) is 2. The summed E-state index contributed by atoms with van der Waals surface area (Å²) in [5.74, 6) is -0.221. The fourth-order valence-corrected chi connectivity index (χ4v) is 2.05. The van der Waals surface area contributed by atoms with Crippen LogP contribution in [-0.2, 0) is 21.3 Å². The lowest BCUT2D eigenvalue weighted by molar-refractivity contribution is -0.139. The molecule has 0 saturated heterocycles. The lowest BCUT2D eigenvalue weighted by Gasteiger charge is -2.08. The number of ether oxygens (including phenoxy) is 1. The predicted molar refractivity (Wildman–Crippen MR) is 67.2 cm³/mol. The van der Waals surface area contributed by atoms with Crippen LogP contribution in [0.1, 0.15) is 16.7 Å². The molecular weight excluding hydrogens is 324 g/mol. The van der Waals surface area contributed by atoms with Crippen LogP contribution in [0.25, 0.3) is 0 Å². The first-order valence-electron chi connectivity index (χ1n) is 4.49. The highest BCUT2D eigenvalue weighted by atomic mass is 79.9. The Morgan fingerprint density at radius 2 is 2.13 bits per heavy atom. The second-order valence-electron chi connectivity index (χ2n) is 3.27. The van der Waals surface area contributed by atoms with Gasteiger partial charge in [-0.1, -0.05) is 44.0 Å². The zero-order chi connectivity index (χ0) is 11.4. The number of esters is 1. The normalized spacial score (nSPS) is 10.1. The van der Waals surface area contributed by atoms with Crippen molar-refractivity contribution in [2.45, 2.75) is 18.7 Å². The van der Waals surface area contributed by atoms with Crippen LogP contribution in [-0.4, -0.2) is 13.1 Å². The zero-order valence-corrected chi connectivity index (χ0v) is 11.8. The van der Waals surface area contributed by atoms with Gasteiger partial charge in [0.05, 0.1) is 13.5 Å². The summed E-state index contributed by atoms with van der Waals surface area (Å²) in [7, 11) is 1.40. The third kappa shape index (κ3) is 3.31. The van der Waals surface area contributed by atoms with Gasteiger partial charge in [-0.3, -0.25) is 4.79 Å². The van der Waals surface area contributed by atoms with Crippen LogP contribution in [0, 0.1) is 6.92 Å². The van der Waals surface area contributed by atoms with Crippen molar-refractivity contribution >= 4 is 37.8 Å². The minimum absolute atomic E-state index is 0.221. The summed E-state index contributed by atoms with van der Waals surface area (Å²) in [5, 5.41) is 0.787. The fraction of sp³-hybridized carbons (Fsp3) is 0.364. The van der Waals surface area contributed by atoms with Crippen molar-refractivity contribution in [2.75, 3.05) is 7.11 Å². The fourth-order valence-electron chi connectivity index (χ4n) is 1.36. The van der Waals surface area contributed by atoms with Gasteiger partial charge in [-0.15, -0.1) is 0 Å². The summed E-state index contributed by atoms with van der Waals surface area (Å²) in [6.45, 7) is 2.01. The number of carbonyl (C=O) groups excluding carboxylic acids is 1. The highest BCUT2D eigenvalue weighted by Crippen LogP contribution is 2.25. The summed E-state index contributed by atoms with van der Waals surface area (Å²) in [6.07, 6.45) is 0.304. The van der Waals surface area contributed by atoms with E-state index in [9.17, 15) is 4.79 Å². The predicted octanol–water partition coefficient (Wildman–Crippen LogP) is 3.37. The highest BCUT2D eigenvalue weighted by molar-refractivity contribution is 9.10. The van der Waals surface area contributed by atoms with Crippen LogP contribution in [0.3, 0.4) is 0 Å². The zero-order valence-electron chi connectivity index (χ0n) is 8.64. The van der Waals surface area contributed by atoms with Gasteiger partial charge in [0.1, 0.15) is 0 Å². The van der Waals surface area contributed by atoms with Gasteiger partial charge in [-0.25, -0.2) is 0 Å². The van der Waals surface area contributed by atoms with Gasteiger partial charge >= 0.3 is 5.97 Å². The number of carbonyl (C=O) groups is 1. The van der Waals surface area contributed by atoms with Gasteiger partial charge in [-0.05, 0) is 23.6 Å². The molecule has 1 aromatic carbocycles. The van der Waals surface area contributed by atoms with Crippen LogP contribution >= 0.6 is 31.9 Å². The standard InChI is InChI=1S/C11H12Br2O2/c1-7-3-8(6-12)4-9(11(7)13)5-10(14)15-2/h3-4H,5-6H2,1-2H3. The van der Waals surface area contributed by atoms with Crippen molar-refractivity contribution in [1.29, 1.82) is 0 Å². The van der Waals surface area contributed by atoms with Crippen LogP contribution in [0.4, 0.5) is 0 Å². The Bertz CT molecular complexity index is 375. The molecule has 0 spiro atoms. The Balaban J connectivity index is 3.05. The second kappa shape index (κ2) is 5.66. The van der Waals surface area contributed by atoms with Crippen molar-refractivity contribution < 1.29 is 9.53 Å². The van der Waals surface area contributed by atoms with E-state index in [0.29, 0.717) is 6.42 Å². The molecule has 0 bridgehead atoms. The van der Waals surface area contributed by atoms with Crippen molar-refractivity contribution in [1.82, 2.24) is 0 Å². The average molecular weight is 336 g/mol. The molecule has 0 N–H and O–H groups in total. The minimum Gasteiger partial charge on any atom is -0.469 e. The first kappa shape index (κ1) is 12.7. The number of hydrogen-bond donors (Lipinski definition) is 0. The van der Waals surface area contributed by atoms with Gasteiger partial charge in [0.2, 0.25) is 0 Å². The van der Waals surface area contributed by atoms with Gasteiger partial charge in [0.15, 0.2) is 0 Å². The molecule has 1 rings (SSSR count). The molecule has 0 unspecified atom stereocenters. The van der Waals surface area contributed by atoms with Crippen molar-refractivity contribution in [3.63, 3.8) is 0 Å². The first-order valence-corrected chi connectivity index (χ1v) is 6.40. The Morgan fingerprint density at radius 3 is 2.67 bits per heavy atom. The maximum atomic E-state index is 11.2. The van der Waals surface area contributed by atoms with Crippen LogP contribution < -0.4 is 0 Å². The largest absolute Gasteiger partial charge is 0.469 e. The molecule has 82 valence electrons. The van der Waals surface area contributed by atoms with E-state index < -0.39 is 0 Å². The smallest absolute Gasteiger partial charge is 0.310 e. The molecule has 0 aliphatic carbocycles. The molecule has 2 nitrogen and oxygen atoms in total. The van der Waals surface area contributed by atoms with E-state index in [1.165, 1.54) is 7.11 Å². The van der Waals surface area contributed by atoms with E-state index in [2.05, 4.69) is 42.7 Å². The summed E-state index contributed by atoms with van der Waals surface area (Å²) in [5.41, 5.74) is 3.26. The molecule has 0 aromatic heterocycles. The molecule has 0 aliphatic rings. The summed E-state index contributed by atoms with van der Waals surface area (Å²) in [6, 6.07) is 4.09. The molecule has 0 atom stereocenters. The molecule has 0 aliphatic heterocycles. The van der Waals surface area contributed by atoms with Gasteiger partial charge < -0.3 is 4.74 Å². The SMILES string of the molecule is COC(=O)Cc1cc(CBr)cc(C)c1Br. The molecule has 1 aromatic rings. The summed E-state index contributed by atoms with van der Waals surface area (Å²) < 4.78 is 5.63. The molecule has 0 heterocycles. The number of halogens is 2. The first-order chi connectivity index (χ1) is 7.08. The van der Waals surface area contributed by atoms with Crippen LogP contribution in [0.2, 0.25) is 0 Å². The quantitative estimate of drug-likeness (QED) is 0.625. The van der Waals surface area contributed by atoms with Crippen LogP contribution in [0.5, 0.6) is 0 Å². The summed E-state index contributed by atoms with van der Waals surface area (Å²) >= 11 is 6.88. The van der Waals surface area contributed by atoms with E-state index in [1.54, 1.807) is 0 Å². The van der Waals surface area contributed by atoms with Crippen LogP contribution in [0.15, 0.2) is 16.6 Å². The van der Waals surface area contributed by atoms with E-state index in [1.807, 2.05) is 13.0 Å². The number of aryl methyl sites for hydroxylation is 1.